The largest absolute Gasteiger partial charge is 0.373 e. The van der Waals surface area contributed by atoms with E-state index in [1.165, 1.54) is 0 Å². The lowest BCUT2D eigenvalue weighted by atomic mass is 10.2. The number of halogens is 1. The zero-order valence-electron chi connectivity index (χ0n) is 10.9. The summed E-state index contributed by atoms with van der Waals surface area (Å²) < 4.78 is 1.93. The van der Waals surface area contributed by atoms with Gasteiger partial charge in [-0.1, -0.05) is 11.6 Å². The van der Waals surface area contributed by atoms with Crippen molar-refractivity contribution in [1.29, 1.82) is 0 Å². The molecule has 8 heteroatoms. The number of nitrogens with one attached hydrogen (secondary N) is 1. The van der Waals surface area contributed by atoms with Gasteiger partial charge in [0.1, 0.15) is 17.8 Å². The Morgan fingerprint density at radius 3 is 3.05 bits per heavy atom. The number of fused-ring (bicyclic) bond motifs is 1. The number of hydrogen-bond acceptors (Lipinski definition) is 5. The van der Waals surface area contributed by atoms with Crippen LogP contribution < -0.4 is 5.32 Å². The number of carbonyl (C=O) groups is 1. The first-order chi connectivity index (χ1) is 9.69. The van der Waals surface area contributed by atoms with Gasteiger partial charge in [0.15, 0.2) is 5.82 Å². The van der Waals surface area contributed by atoms with Gasteiger partial charge < -0.3 is 14.8 Å². The standard InChI is InChI=1S/C12H13ClN6O/c1-14-9-3-2-8(13)11(16-9)12(20)18-4-5-19-7-15-17-10(19)6-18/h2-3,7H,4-6H2,1H3,(H,14,16). The number of aromatic nitrogens is 4. The summed E-state index contributed by atoms with van der Waals surface area (Å²) in [6.07, 6.45) is 1.67. The molecule has 1 N–H and O–H groups in total. The summed E-state index contributed by atoms with van der Waals surface area (Å²) in [6, 6.07) is 3.39. The van der Waals surface area contributed by atoms with Crippen molar-refractivity contribution in [3.05, 3.63) is 35.0 Å². The topological polar surface area (TPSA) is 75.9 Å². The van der Waals surface area contributed by atoms with Gasteiger partial charge in [0.2, 0.25) is 0 Å². The van der Waals surface area contributed by atoms with Crippen molar-refractivity contribution < 1.29 is 4.79 Å². The average Bonchev–Trinajstić information content (AvgIpc) is 2.94. The molecule has 0 fully saturated rings. The van der Waals surface area contributed by atoms with Gasteiger partial charge in [-0.2, -0.15) is 0 Å². The van der Waals surface area contributed by atoms with Crippen LogP contribution in [0.2, 0.25) is 5.02 Å². The molecule has 3 rings (SSSR count). The van der Waals surface area contributed by atoms with Crippen LogP contribution >= 0.6 is 11.6 Å². The molecule has 3 heterocycles. The fourth-order valence-electron chi connectivity index (χ4n) is 2.12. The maximum atomic E-state index is 12.5. The van der Waals surface area contributed by atoms with Crippen LogP contribution in [0.25, 0.3) is 0 Å². The number of hydrogen-bond donors (Lipinski definition) is 1. The molecule has 0 saturated heterocycles. The van der Waals surface area contributed by atoms with Crippen LogP contribution in [0.5, 0.6) is 0 Å². The van der Waals surface area contributed by atoms with Gasteiger partial charge in [0.25, 0.3) is 5.91 Å². The van der Waals surface area contributed by atoms with Crippen LogP contribution in [0.3, 0.4) is 0 Å². The van der Waals surface area contributed by atoms with E-state index < -0.39 is 0 Å². The molecule has 0 aromatic carbocycles. The van der Waals surface area contributed by atoms with Gasteiger partial charge in [0.05, 0.1) is 11.6 Å². The highest BCUT2D eigenvalue weighted by molar-refractivity contribution is 6.33. The number of anilines is 1. The zero-order valence-corrected chi connectivity index (χ0v) is 11.6. The highest BCUT2D eigenvalue weighted by Gasteiger charge is 2.25. The van der Waals surface area contributed by atoms with Gasteiger partial charge in [-0.05, 0) is 12.1 Å². The maximum absolute atomic E-state index is 12.5. The van der Waals surface area contributed by atoms with Crippen LogP contribution in [0.15, 0.2) is 18.5 Å². The molecule has 7 nitrogen and oxygen atoms in total. The molecule has 0 spiro atoms. The van der Waals surface area contributed by atoms with Crippen molar-refractivity contribution in [2.24, 2.45) is 0 Å². The lowest BCUT2D eigenvalue weighted by Crippen LogP contribution is -2.38. The Morgan fingerprint density at radius 1 is 1.40 bits per heavy atom. The first-order valence-corrected chi connectivity index (χ1v) is 6.57. The van der Waals surface area contributed by atoms with Gasteiger partial charge in [-0.25, -0.2) is 4.98 Å². The second-order valence-corrected chi connectivity index (χ2v) is 4.85. The molecular weight excluding hydrogens is 280 g/mol. The molecule has 1 aliphatic heterocycles. The summed E-state index contributed by atoms with van der Waals surface area (Å²) in [5.41, 5.74) is 0.256. The average molecular weight is 293 g/mol. The molecule has 0 atom stereocenters. The summed E-state index contributed by atoms with van der Waals surface area (Å²) >= 11 is 6.08. The monoisotopic (exact) mass is 292 g/mol. The van der Waals surface area contributed by atoms with Crippen molar-refractivity contribution in [3.8, 4) is 0 Å². The second-order valence-electron chi connectivity index (χ2n) is 4.44. The van der Waals surface area contributed by atoms with E-state index in [2.05, 4.69) is 20.5 Å². The molecule has 0 unspecified atom stereocenters. The third kappa shape index (κ3) is 2.20. The first-order valence-electron chi connectivity index (χ1n) is 6.19. The van der Waals surface area contributed by atoms with E-state index >= 15 is 0 Å². The van der Waals surface area contributed by atoms with E-state index in [-0.39, 0.29) is 11.6 Å². The smallest absolute Gasteiger partial charge is 0.274 e. The third-order valence-electron chi connectivity index (χ3n) is 3.23. The minimum atomic E-state index is -0.193. The molecule has 1 aliphatic rings. The van der Waals surface area contributed by atoms with E-state index in [0.29, 0.717) is 30.5 Å². The highest BCUT2D eigenvalue weighted by atomic mass is 35.5. The number of pyridine rings is 1. The maximum Gasteiger partial charge on any atom is 0.274 e. The Kier molecular flexibility index (Phi) is 3.27. The number of nitrogens with zero attached hydrogens (tertiary/aromatic N) is 5. The predicted octanol–water partition coefficient (Wildman–Crippen LogP) is 1.02. The molecule has 0 bridgehead atoms. The Labute approximate surface area is 120 Å². The van der Waals surface area contributed by atoms with Crippen LogP contribution in [0.1, 0.15) is 16.3 Å². The van der Waals surface area contributed by atoms with Crippen molar-refractivity contribution in [3.63, 3.8) is 0 Å². The number of amides is 1. The van der Waals surface area contributed by atoms with E-state index in [1.807, 2.05) is 4.57 Å². The Balaban J connectivity index is 1.87. The van der Waals surface area contributed by atoms with Crippen molar-refractivity contribution >= 4 is 23.3 Å². The molecule has 1 amide bonds. The summed E-state index contributed by atoms with van der Waals surface area (Å²) in [5.74, 6) is 1.18. The number of rotatable bonds is 2. The van der Waals surface area contributed by atoms with Crippen LogP contribution in [0, 0.1) is 0 Å². The SMILES string of the molecule is CNc1ccc(Cl)c(C(=O)N2CCn3cnnc3C2)n1. The minimum Gasteiger partial charge on any atom is -0.373 e. The van der Waals surface area contributed by atoms with E-state index in [0.717, 1.165) is 5.82 Å². The Hall–Kier alpha value is -2.15. The normalized spacial score (nSPS) is 14.0. The predicted molar refractivity (Wildman–Crippen MR) is 73.6 cm³/mol. The minimum absolute atomic E-state index is 0.193. The fourth-order valence-corrected chi connectivity index (χ4v) is 2.31. The van der Waals surface area contributed by atoms with Crippen LogP contribution in [-0.2, 0) is 13.1 Å². The van der Waals surface area contributed by atoms with Gasteiger partial charge in [-0.3, -0.25) is 4.79 Å². The molecule has 2 aromatic rings. The summed E-state index contributed by atoms with van der Waals surface area (Å²) in [7, 11) is 1.74. The number of carbonyl (C=O) groups excluding carboxylic acids is 1. The lowest BCUT2D eigenvalue weighted by molar-refractivity contribution is 0.0702. The van der Waals surface area contributed by atoms with Gasteiger partial charge >= 0.3 is 0 Å². The molecular formula is C12H13ClN6O. The molecule has 0 saturated carbocycles. The summed E-state index contributed by atoms with van der Waals surface area (Å²) in [6.45, 7) is 1.68. The fraction of sp³-hybridized carbons (Fsp3) is 0.333. The zero-order chi connectivity index (χ0) is 14.1. The Bertz CT molecular complexity index is 655. The van der Waals surface area contributed by atoms with E-state index in [4.69, 9.17) is 11.6 Å². The van der Waals surface area contributed by atoms with Gasteiger partial charge in [0, 0.05) is 20.1 Å². The molecule has 0 radical (unpaired) electrons. The Morgan fingerprint density at radius 2 is 2.25 bits per heavy atom. The van der Waals surface area contributed by atoms with E-state index in [9.17, 15) is 4.79 Å². The van der Waals surface area contributed by atoms with Gasteiger partial charge in [-0.15, -0.1) is 10.2 Å². The van der Waals surface area contributed by atoms with Crippen molar-refractivity contribution in [2.75, 3.05) is 18.9 Å². The van der Waals surface area contributed by atoms with Crippen molar-refractivity contribution in [2.45, 2.75) is 13.1 Å². The van der Waals surface area contributed by atoms with Crippen LogP contribution in [0.4, 0.5) is 5.82 Å². The first kappa shape index (κ1) is 12.9. The molecule has 104 valence electrons. The quantitative estimate of drug-likeness (QED) is 0.894. The molecule has 2 aromatic heterocycles. The lowest BCUT2D eigenvalue weighted by Gasteiger charge is -2.27. The summed E-state index contributed by atoms with van der Waals surface area (Å²) in [4.78, 5) is 18.4. The molecule has 20 heavy (non-hydrogen) atoms. The second kappa shape index (κ2) is 5.09. The van der Waals surface area contributed by atoms with E-state index in [1.54, 1.807) is 30.4 Å². The third-order valence-corrected chi connectivity index (χ3v) is 3.54. The molecule has 0 aliphatic carbocycles. The van der Waals surface area contributed by atoms with Crippen LogP contribution in [-0.4, -0.2) is 44.1 Å². The summed E-state index contributed by atoms with van der Waals surface area (Å²) in [5, 5.41) is 11.1. The highest BCUT2D eigenvalue weighted by Crippen LogP contribution is 2.20. The van der Waals surface area contributed by atoms with Crippen molar-refractivity contribution in [1.82, 2.24) is 24.6 Å².